The van der Waals surface area contributed by atoms with E-state index in [9.17, 15) is 19.8 Å². The number of aliphatic carboxylic acids is 2. The third-order valence-electron chi connectivity index (χ3n) is 3.30. The Bertz CT molecular complexity index is 770. The summed E-state index contributed by atoms with van der Waals surface area (Å²) in [5.41, 5.74) is 0.539. The quantitative estimate of drug-likeness (QED) is 0.694. The zero-order valence-corrected chi connectivity index (χ0v) is 15.5. The van der Waals surface area contributed by atoms with Crippen LogP contribution in [0.2, 0.25) is 15.1 Å². The second-order valence-corrected chi connectivity index (χ2v) is 6.52. The molecule has 2 atom stereocenters. The lowest BCUT2D eigenvalue weighted by Gasteiger charge is -2.23. The first-order valence-electron chi connectivity index (χ1n) is 7.19. The molecule has 6 nitrogen and oxygen atoms in total. The third kappa shape index (κ3) is 4.94. The van der Waals surface area contributed by atoms with Gasteiger partial charge in [0.05, 0.1) is 5.02 Å². The average molecular weight is 420 g/mol. The molecule has 0 saturated heterocycles. The molecular weight excluding hydrogens is 407 g/mol. The summed E-state index contributed by atoms with van der Waals surface area (Å²) in [5.74, 6) is -2.92. The highest BCUT2D eigenvalue weighted by molar-refractivity contribution is 6.35. The van der Waals surface area contributed by atoms with E-state index in [1.54, 1.807) is 13.0 Å². The van der Waals surface area contributed by atoms with Gasteiger partial charge in [-0.15, -0.1) is 0 Å². The van der Waals surface area contributed by atoms with Gasteiger partial charge < -0.3 is 19.7 Å². The molecule has 0 radical (unpaired) electrons. The molecule has 2 aromatic rings. The van der Waals surface area contributed by atoms with Crippen molar-refractivity contribution in [2.24, 2.45) is 0 Å². The number of hydrogen-bond acceptors (Lipinski definition) is 4. The van der Waals surface area contributed by atoms with Crippen molar-refractivity contribution in [3.63, 3.8) is 0 Å². The predicted molar refractivity (Wildman–Crippen MR) is 96.8 cm³/mol. The van der Waals surface area contributed by atoms with Crippen LogP contribution in [0.25, 0.3) is 0 Å². The van der Waals surface area contributed by atoms with Crippen molar-refractivity contribution in [1.29, 1.82) is 0 Å². The van der Waals surface area contributed by atoms with E-state index < -0.39 is 24.1 Å². The SMILES string of the molecule is Cc1cc(Cl)ccc1OC(C(=O)O)C(Oc1ccc(Cl)cc1Cl)C(=O)O. The smallest absolute Gasteiger partial charge is 0.349 e. The number of carboxylic acids is 2. The molecule has 0 aromatic heterocycles. The largest absolute Gasteiger partial charge is 0.478 e. The molecule has 0 bridgehead atoms. The van der Waals surface area contributed by atoms with Crippen LogP contribution in [0, 0.1) is 6.92 Å². The molecule has 2 aromatic carbocycles. The number of hydrogen-bond donors (Lipinski definition) is 2. The molecule has 138 valence electrons. The lowest BCUT2D eigenvalue weighted by Crippen LogP contribution is -2.47. The molecule has 9 heteroatoms. The maximum Gasteiger partial charge on any atom is 0.349 e. The second kappa shape index (κ2) is 8.49. The highest BCUT2D eigenvalue weighted by Crippen LogP contribution is 2.30. The summed E-state index contributed by atoms with van der Waals surface area (Å²) in [6.45, 7) is 1.65. The summed E-state index contributed by atoms with van der Waals surface area (Å²) in [7, 11) is 0. The number of halogens is 3. The van der Waals surface area contributed by atoms with Crippen LogP contribution in [0.1, 0.15) is 5.56 Å². The third-order valence-corrected chi connectivity index (χ3v) is 4.07. The van der Waals surface area contributed by atoms with E-state index in [4.69, 9.17) is 44.3 Å². The fourth-order valence-corrected chi connectivity index (χ4v) is 2.75. The van der Waals surface area contributed by atoms with E-state index in [-0.39, 0.29) is 16.5 Å². The number of rotatable bonds is 7. The Balaban J connectivity index is 2.33. The zero-order chi connectivity index (χ0) is 19.4. The van der Waals surface area contributed by atoms with E-state index in [2.05, 4.69) is 0 Å². The number of carboxylic acid groups (broad SMARTS) is 2. The van der Waals surface area contributed by atoms with Gasteiger partial charge in [0, 0.05) is 10.0 Å². The minimum atomic E-state index is -1.86. The molecule has 0 aliphatic rings. The van der Waals surface area contributed by atoms with E-state index >= 15 is 0 Å². The van der Waals surface area contributed by atoms with Gasteiger partial charge in [-0.3, -0.25) is 0 Å². The normalized spacial score (nSPS) is 12.9. The van der Waals surface area contributed by atoms with Gasteiger partial charge in [0.25, 0.3) is 0 Å². The minimum Gasteiger partial charge on any atom is -0.478 e. The molecule has 26 heavy (non-hydrogen) atoms. The highest BCUT2D eigenvalue weighted by Gasteiger charge is 2.39. The van der Waals surface area contributed by atoms with Crippen LogP contribution < -0.4 is 9.47 Å². The van der Waals surface area contributed by atoms with Crippen molar-refractivity contribution >= 4 is 46.7 Å². The van der Waals surface area contributed by atoms with Crippen molar-refractivity contribution in [2.75, 3.05) is 0 Å². The van der Waals surface area contributed by atoms with E-state index in [0.29, 0.717) is 15.6 Å². The lowest BCUT2D eigenvalue weighted by atomic mass is 10.1. The molecule has 2 unspecified atom stereocenters. The monoisotopic (exact) mass is 418 g/mol. The first kappa shape index (κ1) is 20.2. The Morgan fingerprint density at radius 2 is 1.31 bits per heavy atom. The molecule has 0 aliphatic carbocycles. The van der Waals surface area contributed by atoms with Gasteiger partial charge in [0.15, 0.2) is 0 Å². The van der Waals surface area contributed by atoms with Gasteiger partial charge in [-0.1, -0.05) is 34.8 Å². The van der Waals surface area contributed by atoms with Crippen LogP contribution in [-0.2, 0) is 9.59 Å². The Kier molecular flexibility index (Phi) is 6.58. The minimum absolute atomic E-state index is 0.0360. The zero-order valence-electron chi connectivity index (χ0n) is 13.3. The first-order valence-corrected chi connectivity index (χ1v) is 8.32. The Morgan fingerprint density at radius 1 is 0.846 bits per heavy atom. The predicted octanol–water partition coefficient (Wildman–Crippen LogP) is 4.32. The second-order valence-electron chi connectivity index (χ2n) is 5.24. The van der Waals surface area contributed by atoms with Crippen LogP contribution in [0.15, 0.2) is 36.4 Å². The van der Waals surface area contributed by atoms with Crippen molar-refractivity contribution in [1.82, 2.24) is 0 Å². The fraction of sp³-hybridized carbons (Fsp3) is 0.176. The van der Waals surface area contributed by atoms with Gasteiger partial charge in [-0.05, 0) is 48.9 Å². The number of aryl methyl sites for hydroxylation is 1. The maximum absolute atomic E-state index is 11.6. The number of benzene rings is 2. The number of carbonyl (C=O) groups is 2. The first-order chi connectivity index (χ1) is 12.2. The summed E-state index contributed by atoms with van der Waals surface area (Å²) in [6, 6.07) is 8.62. The fourth-order valence-electron chi connectivity index (χ4n) is 2.07. The average Bonchev–Trinajstić information content (AvgIpc) is 2.53. The number of ether oxygens (including phenoxy) is 2. The van der Waals surface area contributed by atoms with Gasteiger partial charge in [-0.25, -0.2) is 9.59 Å². The molecular formula is C17H13Cl3O6. The molecule has 0 heterocycles. The standard InChI is InChI=1S/C17H13Cl3O6/c1-8-6-9(18)2-4-12(8)25-14(16(21)22)15(17(23)24)26-13-5-3-10(19)7-11(13)20/h2-7,14-15H,1H3,(H,21,22)(H,23,24). The molecule has 0 fully saturated rings. The summed E-state index contributed by atoms with van der Waals surface area (Å²) in [4.78, 5) is 23.2. The topological polar surface area (TPSA) is 93.1 Å². The Hall–Kier alpha value is -2.15. The van der Waals surface area contributed by atoms with Crippen molar-refractivity contribution in [3.8, 4) is 11.5 Å². The van der Waals surface area contributed by atoms with Gasteiger partial charge >= 0.3 is 11.9 Å². The molecule has 2 N–H and O–H groups in total. The highest BCUT2D eigenvalue weighted by atomic mass is 35.5. The van der Waals surface area contributed by atoms with E-state index in [1.807, 2.05) is 0 Å². The van der Waals surface area contributed by atoms with Crippen LogP contribution in [0.3, 0.4) is 0 Å². The van der Waals surface area contributed by atoms with Crippen LogP contribution in [0.4, 0.5) is 0 Å². The van der Waals surface area contributed by atoms with Crippen LogP contribution >= 0.6 is 34.8 Å². The van der Waals surface area contributed by atoms with Crippen molar-refractivity contribution in [3.05, 3.63) is 57.0 Å². The summed E-state index contributed by atoms with van der Waals surface area (Å²) in [6.07, 6.45) is -3.69. The van der Waals surface area contributed by atoms with Gasteiger partial charge in [0.2, 0.25) is 12.2 Å². The van der Waals surface area contributed by atoms with Crippen molar-refractivity contribution < 1.29 is 29.3 Å². The molecule has 0 saturated carbocycles. The lowest BCUT2D eigenvalue weighted by molar-refractivity contribution is -0.161. The summed E-state index contributed by atoms with van der Waals surface area (Å²) in [5, 5.41) is 19.7. The van der Waals surface area contributed by atoms with Gasteiger partial charge in [-0.2, -0.15) is 0 Å². The van der Waals surface area contributed by atoms with Crippen LogP contribution in [-0.4, -0.2) is 34.4 Å². The molecule has 0 aliphatic heterocycles. The van der Waals surface area contributed by atoms with Crippen molar-refractivity contribution in [2.45, 2.75) is 19.1 Å². The summed E-state index contributed by atoms with van der Waals surface area (Å²) >= 11 is 17.6. The van der Waals surface area contributed by atoms with Gasteiger partial charge in [0.1, 0.15) is 11.5 Å². The summed E-state index contributed by atoms with van der Waals surface area (Å²) < 4.78 is 10.7. The van der Waals surface area contributed by atoms with Crippen LogP contribution in [0.5, 0.6) is 11.5 Å². The maximum atomic E-state index is 11.6. The molecule has 0 spiro atoms. The van der Waals surface area contributed by atoms with E-state index in [0.717, 1.165) is 0 Å². The molecule has 2 rings (SSSR count). The Morgan fingerprint density at radius 3 is 1.77 bits per heavy atom. The van der Waals surface area contributed by atoms with E-state index in [1.165, 1.54) is 30.3 Å². The molecule has 0 amide bonds. The Labute approximate surface area is 163 Å².